The molecule has 0 aliphatic heterocycles. The molecule has 0 unspecified atom stereocenters. The molecule has 16 nitrogen and oxygen atoms in total. The molecule has 0 radical (unpaired) electrons. The van der Waals surface area contributed by atoms with E-state index in [1.165, 1.54) is 25.1 Å². The first-order chi connectivity index (χ1) is 30.6. The van der Waals surface area contributed by atoms with Gasteiger partial charge in [0.1, 0.15) is 28.7 Å². The number of phenols is 3. The van der Waals surface area contributed by atoms with Crippen LogP contribution in [-0.2, 0) is 16.0 Å². The van der Waals surface area contributed by atoms with Crippen LogP contribution >= 0.6 is 15.9 Å². The van der Waals surface area contributed by atoms with Gasteiger partial charge in [0, 0.05) is 22.5 Å². The molecule has 17 heteroatoms. The van der Waals surface area contributed by atoms with Crippen molar-refractivity contribution < 1.29 is 48.0 Å². The van der Waals surface area contributed by atoms with Gasteiger partial charge < -0.3 is 38.4 Å². The minimum atomic E-state index is -0.641. The van der Waals surface area contributed by atoms with E-state index in [1.54, 1.807) is 84.9 Å². The second-order valence-electron chi connectivity index (χ2n) is 13.8. The third kappa shape index (κ3) is 8.23. The fourth-order valence-corrected chi connectivity index (χ4v) is 7.09. The Labute approximate surface area is 364 Å². The molecule has 0 aliphatic rings. The number of hydrogen-bond donors (Lipinski definition) is 3. The highest BCUT2D eigenvalue weighted by atomic mass is 79.9. The van der Waals surface area contributed by atoms with Gasteiger partial charge in [-0.1, -0.05) is 92.1 Å². The lowest BCUT2D eigenvalue weighted by Crippen LogP contribution is -2.12. The van der Waals surface area contributed by atoms with E-state index in [9.17, 15) is 24.9 Å². The first-order valence-corrected chi connectivity index (χ1v) is 19.7. The summed E-state index contributed by atoms with van der Waals surface area (Å²) in [5, 5.41) is 45.5. The summed E-state index contributed by atoms with van der Waals surface area (Å²) in [6, 6.07) is 35.0. The number of carbonyl (C=O) groups is 2. The SMILES string of the molecule is CC(=O)Oc1ccccc1-c1nc(-c2ccccc2OC(=O)Cc2ccc(-c3nc(-c4ccc(-c5cccc(-c6nc(-c7ccccc7Br)no6)c5O)cc4O)no3)c(O)c2)no1. The smallest absolute Gasteiger partial charge is 0.315 e. The van der Waals surface area contributed by atoms with Crippen molar-refractivity contribution in [2.75, 3.05) is 0 Å². The van der Waals surface area contributed by atoms with Crippen LogP contribution in [0.3, 0.4) is 0 Å². The number of ether oxygens (including phenoxy) is 2. The molecule has 3 N–H and O–H groups in total. The molecule has 0 aliphatic carbocycles. The number of aromatic nitrogens is 6. The van der Waals surface area contributed by atoms with Crippen LogP contribution in [0.4, 0.5) is 0 Å². The van der Waals surface area contributed by atoms with Crippen molar-refractivity contribution >= 4 is 27.9 Å². The second-order valence-corrected chi connectivity index (χ2v) is 14.6. The Morgan fingerprint density at radius 3 is 1.73 bits per heavy atom. The van der Waals surface area contributed by atoms with Gasteiger partial charge in [0.2, 0.25) is 17.5 Å². The van der Waals surface area contributed by atoms with Crippen LogP contribution in [0.2, 0.25) is 0 Å². The van der Waals surface area contributed by atoms with Crippen molar-refractivity contribution in [3.8, 4) is 108 Å². The van der Waals surface area contributed by atoms with Gasteiger partial charge in [0.05, 0.1) is 34.2 Å². The Morgan fingerprint density at radius 1 is 0.540 bits per heavy atom. The lowest BCUT2D eigenvalue weighted by molar-refractivity contribution is -0.134. The van der Waals surface area contributed by atoms with Crippen LogP contribution in [0.5, 0.6) is 28.7 Å². The van der Waals surface area contributed by atoms with E-state index in [0.29, 0.717) is 39.2 Å². The van der Waals surface area contributed by atoms with Gasteiger partial charge in [-0.2, -0.15) is 15.0 Å². The summed E-state index contributed by atoms with van der Waals surface area (Å²) in [4.78, 5) is 38.1. The zero-order valence-electron chi connectivity index (χ0n) is 32.6. The quantitative estimate of drug-likeness (QED) is 0.0810. The van der Waals surface area contributed by atoms with Crippen LogP contribution in [0, 0.1) is 0 Å². The summed E-state index contributed by atoms with van der Waals surface area (Å²) in [6.07, 6.45) is -0.217. The average molecular weight is 906 g/mol. The monoisotopic (exact) mass is 904 g/mol. The minimum Gasteiger partial charge on any atom is -0.507 e. The first-order valence-electron chi connectivity index (χ1n) is 18.9. The van der Waals surface area contributed by atoms with Gasteiger partial charge >= 0.3 is 11.9 Å². The fourth-order valence-electron chi connectivity index (χ4n) is 6.63. The topological polar surface area (TPSA) is 230 Å². The number of hydrogen-bond acceptors (Lipinski definition) is 16. The predicted molar refractivity (Wildman–Crippen MR) is 228 cm³/mol. The Balaban J connectivity index is 0.880. The zero-order chi connectivity index (χ0) is 43.6. The molecular weight excluding hydrogens is 876 g/mol. The van der Waals surface area contributed by atoms with Crippen LogP contribution in [0.1, 0.15) is 12.5 Å². The molecule has 310 valence electrons. The number of rotatable bonds is 11. The van der Waals surface area contributed by atoms with Crippen molar-refractivity contribution in [2.45, 2.75) is 13.3 Å². The molecule has 0 spiro atoms. The summed E-state index contributed by atoms with van der Waals surface area (Å²) in [5.74, 6) is -0.664. The molecular formula is C46H29BrN6O10. The highest BCUT2D eigenvalue weighted by Gasteiger charge is 2.23. The summed E-state index contributed by atoms with van der Waals surface area (Å²) in [6.45, 7) is 1.28. The summed E-state index contributed by atoms with van der Waals surface area (Å²) in [7, 11) is 0. The summed E-state index contributed by atoms with van der Waals surface area (Å²) < 4.78 is 28.2. The lowest BCUT2D eigenvalue weighted by Gasteiger charge is -2.09. The Kier molecular flexibility index (Phi) is 10.7. The van der Waals surface area contributed by atoms with Gasteiger partial charge in [0.25, 0.3) is 17.7 Å². The zero-order valence-corrected chi connectivity index (χ0v) is 34.2. The lowest BCUT2D eigenvalue weighted by atomic mass is 9.99. The number of phenolic OH excluding ortho intramolecular Hbond substituents is 3. The largest absolute Gasteiger partial charge is 0.507 e. The van der Waals surface area contributed by atoms with Crippen LogP contribution < -0.4 is 9.47 Å². The van der Waals surface area contributed by atoms with E-state index in [-0.39, 0.29) is 75.6 Å². The van der Waals surface area contributed by atoms with Crippen molar-refractivity contribution in [1.29, 1.82) is 0 Å². The Hall–Kier alpha value is -8.44. The molecule has 0 saturated carbocycles. The van der Waals surface area contributed by atoms with E-state index >= 15 is 0 Å². The fraction of sp³-hybridized carbons (Fsp3) is 0.0435. The highest BCUT2D eigenvalue weighted by Crippen LogP contribution is 2.42. The van der Waals surface area contributed by atoms with E-state index in [0.717, 1.165) is 10.0 Å². The normalized spacial score (nSPS) is 11.1. The highest BCUT2D eigenvalue weighted by molar-refractivity contribution is 9.10. The van der Waals surface area contributed by atoms with E-state index in [2.05, 4.69) is 46.4 Å². The first kappa shape index (κ1) is 40.0. The van der Waals surface area contributed by atoms with E-state index in [4.69, 9.17) is 23.0 Å². The molecule has 0 saturated heterocycles. The molecule has 0 atom stereocenters. The maximum absolute atomic E-state index is 13.2. The standard InChI is InChI=1S/C46H29BrN6O10/c1-24(54)59-38-16-7-4-11-32(38)45-50-43(53-62-45)31-10-3-6-15-37(31)60-39(57)22-25-17-19-30(35(55)21-25)44-49-42(52-61-44)29-20-18-26(23-36(29)56)27-12-8-13-33(40(27)58)46-48-41(51-63-46)28-9-2-5-14-34(28)47/h2-21,23,55-56,58H,22H2,1H3. The summed E-state index contributed by atoms with van der Waals surface area (Å²) in [5.41, 5.74) is 3.50. The maximum Gasteiger partial charge on any atom is 0.315 e. The van der Waals surface area contributed by atoms with Gasteiger partial charge in [-0.15, -0.1) is 0 Å². The molecule has 6 aromatic carbocycles. The van der Waals surface area contributed by atoms with Crippen molar-refractivity contribution in [1.82, 2.24) is 30.4 Å². The number of esters is 2. The predicted octanol–water partition coefficient (Wildman–Crippen LogP) is 9.46. The van der Waals surface area contributed by atoms with E-state index in [1.807, 2.05) is 24.3 Å². The average Bonchev–Trinajstić information content (AvgIpc) is 4.07. The number of halogens is 1. The molecule has 0 bridgehead atoms. The molecule has 9 rings (SSSR count). The van der Waals surface area contributed by atoms with Crippen LogP contribution in [-0.4, -0.2) is 57.7 Å². The molecule has 3 heterocycles. The van der Waals surface area contributed by atoms with Gasteiger partial charge in [-0.05, 0) is 77.9 Å². The van der Waals surface area contributed by atoms with Crippen molar-refractivity contribution in [3.63, 3.8) is 0 Å². The van der Waals surface area contributed by atoms with Crippen LogP contribution in [0.25, 0.3) is 79.7 Å². The number of nitrogens with zero attached hydrogens (tertiary/aromatic N) is 6. The third-order valence-corrected chi connectivity index (χ3v) is 10.3. The minimum absolute atomic E-state index is 0.0329. The van der Waals surface area contributed by atoms with Gasteiger partial charge in [0.15, 0.2) is 0 Å². The van der Waals surface area contributed by atoms with Gasteiger partial charge in [-0.25, -0.2) is 0 Å². The number of benzene rings is 6. The Morgan fingerprint density at radius 2 is 1.06 bits per heavy atom. The van der Waals surface area contributed by atoms with Crippen molar-refractivity contribution in [2.24, 2.45) is 0 Å². The van der Waals surface area contributed by atoms with E-state index < -0.39 is 11.9 Å². The third-order valence-electron chi connectivity index (χ3n) is 9.57. The summed E-state index contributed by atoms with van der Waals surface area (Å²) >= 11 is 3.49. The number of carbonyl (C=O) groups excluding carboxylic acids is 2. The molecule has 9 aromatic rings. The molecule has 0 fully saturated rings. The van der Waals surface area contributed by atoms with Crippen LogP contribution in [0.15, 0.2) is 145 Å². The molecule has 3 aromatic heterocycles. The molecule has 0 amide bonds. The number of aromatic hydroxyl groups is 3. The second kappa shape index (κ2) is 16.9. The molecule has 63 heavy (non-hydrogen) atoms. The number of para-hydroxylation sites is 3. The van der Waals surface area contributed by atoms with Crippen molar-refractivity contribution in [3.05, 3.63) is 137 Å². The van der Waals surface area contributed by atoms with Gasteiger partial charge in [-0.3, -0.25) is 9.59 Å². The Bertz CT molecular complexity index is 3200. The maximum atomic E-state index is 13.2.